The molecule has 0 saturated carbocycles. The normalized spacial score (nSPS) is 17.0. The number of anilines is 1. The largest absolute Gasteiger partial charge is 0.478 e. The van der Waals surface area contributed by atoms with Crippen LogP contribution in [0.2, 0.25) is 0 Å². The zero-order chi connectivity index (χ0) is 16.1. The zero-order valence-electron chi connectivity index (χ0n) is 12.0. The van der Waals surface area contributed by atoms with Gasteiger partial charge in [0.1, 0.15) is 6.04 Å². The predicted molar refractivity (Wildman–Crippen MR) is 77.3 cm³/mol. The molecule has 0 aromatic heterocycles. The Morgan fingerprint density at radius 2 is 2.14 bits per heavy atom. The molecule has 1 atom stereocenters. The Kier molecular flexibility index (Phi) is 4.82. The van der Waals surface area contributed by atoms with Gasteiger partial charge in [0.2, 0.25) is 0 Å². The third kappa shape index (κ3) is 3.46. The van der Waals surface area contributed by atoms with Crippen LogP contribution in [0.15, 0.2) is 24.3 Å². The number of ether oxygens (including phenoxy) is 1. The average molecular weight is 307 g/mol. The van der Waals surface area contributed by atoms with Crippen molar-refractivity contribution in [1.29, 1.82) is 0 Å². The van der Waals surface area contributed by atoms with Gasteiger partial charge < -0.3 is 9.84 Å². The average Bonchev–Trinajstić information content (AvgIpc) is 3.01. The molecule has 118 valence electrons. The minimum atomic E-state index is -1.05. The van der Waals surface area contributed by atoms with Gasteiger partial charge in [-0.25, -0.2) is 9.59 Å². The molecule has 3 N–H and O–H groups in total. The third-order valence-electron chi connectivity index (χ3n) is 3.40. The van der Waals surface area contributed by atoms with E-state index in [4.69, 9.17) is 5.11 Å². The number of carbonyl (C=O) groups excluding carboxylic acids is 2. The summed E-state index contributed by atoms with van der Waals surface area (Å²) in [5.41, 5.74) is 5.69. The molecule has 22 heavy (non-hydrogen) atoms. The van der Waals surface area contributed by atoms with E-state index in [1.54, 1.807) is 12.1 Å². The zero-order valence-corrected chi connectivity index (χ0v) is 12.0. The van der Waals surface area contributed by atoms with Crippen molar-refractivity contribution in [1.82, 2.24) is 10.3 Å². The van der Waals surface area contributed by atoms with Gasteiger partial charge in [-0.3, -0.25) is 20.5 Å². The van der Waals surface area contributed by atoms with E-state index in [1.165, 1.54) is 24.1 Å². The minimum Gasteiger partial charge on any atom is -0.478 e. The number of hydrogen-bond acceptors (Lipinski definition) is 5. The van der Waals surface area contributed by atoms with Crippen LogP contribution >= 0.6 is 0 Å². The second-order valence-corrected chi connectivity index (χ2v) is 4.82. The maximum absolute atomic E-state index is 12.1. The molecule has 0 aliphatic carbocycles. The van der Waals surface area contributed by atoms with Crippen LogP contribution in [0.1, 0.15) is 23.2 Å². The summed E-state index contributed by atoms with van der Waals surface area (Å²) in [6, 6.07) is 5.44. The van der Waals surface area contributed by atoms with E-state index < -0.39 is 18.1 Å². The summed E-state index contributed by atoms with van der Waals surface area (Å²) in [5.74, 6) is -1.42. The molecule has 1 aliphatic heterocycles. The molecule has 1 aliphatic rings. The number of nitrogens with zero attached hydrogens (tertiary/aromatic N) is 1. The molecule has 8 heteroatoms. The van der Waals surface area contributed by atoms with Gasteiger partial charge in [0.15, 0.2) is 0 Å². The number of amides is 2. The van der Waals surface area contributed by atoms with Gasteiger partial charge >= 0.3 is 12.1 Å². The van der Waals surface area contributed by atoms with Crippen molar-refractivity contribution in [3.05, 3.63) is 29.8 Å². The van der Waals surface area contributed by atoms with Gasteiger partial charge in [0.25, 0.3) is 5.91 Å². The van der Waals surface area contributed by atoms with E-state index in [2.05, 4.69) is 15.6 Å². The summed E-state index contributed by atoms with van der Waals surface area (Å²) in [7, 11) is 1.27. The Morgan fingerprint density at radius 3 is 2.82 bits per heavy atom. The van der Waals surface area contributed by atoms with E-state index in [-0.39, 0.29) is 11.5 Å². The predicted octanol–water partition coefficient (Wildman–Crippen LogP) is 1.06. The first kappa shape index (κ1) is 15.6. The smallest absolute Gasteiger partial charge is 0.410 e. The standard InChI is InChI=1S/C14H17N3O5/c1-22-14(21)17-7-3-6-11(17)12(18)16-15-10-5-2-4-9(8-10)13(19)20/h2,4-5,8,11,15H,3,6-7H2,1H3,(H,16,18)(H,19,20)/t11-/m0/s1. The number of carboxylic acid groups (broad SMARTS) is 1. The summed E-state index contributed by atoms with van der Waals surface area (Å²) in [4.78, 5) is 35.9. The lowest BCUT2D eigenvalue weighted by Crippen LogP contribution is -2.47. The SMILES string of the molecule is COC(=O)N1CCC[C@H]1C(=O)NNc1cccc(C(=O)O)c1. The molecule has 1 saturated heterocycles. The van der Waals surface area contributed by atoms with Crippen LogP contribution < -0.4 is 10.9 Å². The minimum absolute atomic E-state index is 0.108. The number of hydrogen-bond donors (Lipinski definition) is 3. The fourth-order valence-corrected chi connectivity index (χ4v) is 2.32. The third-order valence-corrected chi connectivity index (χ3v) is 3.40. The first-order valence-corrected chi connectivity index (χ1v) is 6.76. The van der Waals surface area contributed by atoms with Crippen molar-refractivity contribution in [2.75, 3.05) is 19.1 Å². The van der Waals surface area contributed by atoms with Crippen LogP contribution in [-0.2, 0) is 9.53 Å². The van der Waals surface area contributed by atoms with Crippen molar-refractivity contribution in [2.45, 2.75) is 18.9 Å². The van der Waals surface area contributed by atoms with Crippen LogP contribution in [0.3, 0.4) is 0 Å². The molecule has 8 nitrogen and oxygen atoms in total. The topological polar surface area (TPSA) is 108 Å². The summed E-state index contributed by atoms with van der Waals surface area (Å²) in [6.45, 7) is 0.471. The van der Waals surface area contributed by atoms with Crippen molar-refractivity contribution < 1.29 is 24.2 Å². The summed E-state index contributed by atoms with van der Waals surface area (Å²) < 4.78 is 4.64. The van der Waals surface area contributed by atoms with Crippen molar-refractivity contribution in [2.24, 2.45) is 0 Å². The number of benzene rings is 1. The number of nitrogens with one attached hydrogen (secondary N) is 2. The molecule has 1 fully saturated rings. The van der Waals surface area contributed by atoms with Crippen molar-refractivity contribution >= 4 is 23.7 Å². The molecule has 0 unspecified atom stereocenters. The van der Waals surface area contributed by atoms with Crippen LogP contribution in [0, 0.1) is 0 Å². The number of methoxy groups -OCH3 is 1. The maximum Gasteiger partial charge on any atom is 0.410 e. The van der Waals surface area contributed by atoms with Gasteiger partial charge in [0.05, 0.1) is 18.4 Å². The molecule has 0 radical (unpaired) electrons. The highest BCUT2D eigenvalue weighted by atomic mass is 16.5. The Morgan fingerprint density at radius 1 is 1.36 bits per heavy atom. The molecule has 1 aromatic carbocycles. The van der Waals surface area contributed by atoms with Crippen molar-refractivity contribution in [3.8, 4) is 0 Å². The Bertz CT molecular complexity index is 590. The lowest BCUT2D eigenvalue weighted by atomic mass is 10.2. The lowest BCUT2D eigenvalue weighted by molar-refractivity contribution is -0.124. The molecule has 0 bridgehead atoms. The van der Waals surface area contributed by atoms with Gasteiger partial charge in [-0.2, -0.15) is 0 Å². The van der Waals surface area contributed by atoms with Gasteiger partial charge in [-0.15, -0.1) is 0 Å². The number of carbonyl (C=O) groups is 3. The first-order chi connectivity index (χ1) is 10.5. The second-order valence-electron chi connectivity index (χ2n) is 4.82. The van der Waals surface area contributed by atoms with Crippen molar-refractivity contribution in [3.63, 3.8) is 0 Å². The van der Waals surface area contributed by atoms with Gasteiger partial charge in [0, 0.05) is 6.54 Å². The second kappa shape index (κ2) is 6.79. The van der Waals surface area contributed by atoms with E-state index in [9.17, 15) is 14.4 Å². The van der Waals surface area contributed by atoms with E-state index >= 15 is 0 Å². The number of rotatable bonds is 4. The van der Waals surface area contributed by atoms with E-state index in [1.807, 2.05) is 0 Å². The molecular formula is C14H17N3O5. The highest BCUT2D eigenvalue weighted by Crippen LogP contribution is 2.18. The number of carboxylic acids is 1. The molecule has 2 rings (SSSR count). The molecule has 2 amide bonds. The monoisotopic (exact) mass is 307 g/mol. The van der Waals surface area contributed by atoms with Gasteiger partial charge in [-0.1, -0.05) is 6.07 Å². The fraction of sp³-hybridized carbons (Fsp3) is 0.357. The Labute approximate surface area is 127 Å². The lowest BCUT2D eigenvalue weighted by Gasteiger charge is -2.22. The number of aromatic carboxylic acids is 1. The summed E-state index contributed by atoms with van der Waals surface area (Å²) in [6.07, 6.45) is 0.741. The van der Waals surface area contributed by atoms with Crippen LogP contribution in [0.5, 0.6) is 0 Å². The van der Waals surface area contributed by atoms with E-state index in [0.717, 1.165) is 6.42 Å². The molecule has 1 heterocycles. The first-order valence-electron chi connectivity index (χ1n) is 6.76. The summed E-state index contributed by atoms with van der Waals surface area (Å²) >= 11 is 0. The molecular weight excluding hydrogens is 290 g/mol. The molecule has 0 spiro atoms. The maximum atomic E-state index is 12.1. The highest BCUT2D eigenvalue weighted by Gasteiger charge is 2.34. The van der Waals surface area contributed by atoms with Gasteiger partial charge in [-0.05, 0) is 31.0 Å². The quantitative estimate of drug-likeness (QED) is 0.718. The number of hydrazine groups is 1. The Balaban J connectivity index is 1.96. The molecule has 1 aromatic rings. The van der Waals surface area contributed by atoms with Crippen LogP contribution in [0.25, 0.3) is 0 Å². The summed E-state index contributed by atoms with van der Waals surface area (Å²) in [5, 5.41) is 8.91. The Hall–Kier alpha value is -2.77. The van der Waals surface area contributed by atoms with Crippen LogP contribution in [0.4, 0.5) is 10.5 Å². The highest BCUT2D eigenvalue weighted by molar-refractivity contribution is 5.89. The fourth-order valence-electron chi connectivity index (χ4n) is 2.32. The van der Waals surface area contributed by atoms with E-state index in [0.29, 0.717) is 18.7 Å². The van der Waals surface area contributed by atoms with Crippen LogP contribution in [-0.4, -0.2) is 47.7 Å². The number of likely N-dealkylation sites (tertiary alicyclic amines) is 1.